The molecule has 0 spiro atoms. The van der Waals surface area contributed by atoms with Crippen LogP contribution in [-0.4, -0.2) is 39.4 Å². The number of nitrogens with zero attached hydrogens (tertiary/aromatic N) is 5. The van der Waals surface area contributed by atoms with Gasteiger partial charge in [-0.3, -0.25) is 0 Å². The lowest BCUT2D eigenvalue weighted by atomic mass is 10.0. The van der Waals surface area contributed by atoms with Crippen LogP contribution < -0.4 is 9.64 Å². The summed E-state index contributed by atoms with van der Waals surface area (Å²) in [6.45, 7) is 3.01. The third-order valence-corrected chi connectivity index (χ3v) is 6.08. The number of ether oxygens (including phenoxy) is 1. The van der Waals surface area contributed by atoms with Crippen LogP contribution in [0, 0.1) is 18.6 Å². The van der Waals surface area contributed by atoms with Crippen molar-refractivity contribution in [1.82, 2.24) is 20.2 Å². The van der Waals surface area contributed by atoms with Crippen molar-refractivity contribution in [2.45, 2.75) is 44.1 Å². The number of hydrogen-bond donors (Lipinski definition) is 0. The van der Waals surface area contributed by atoms with E-state index in [0.29, 0.717) is 48.7 Å². The van der Waals surface area contributed by atoms with Crippen molar-refractivity contribution < 1.29 is 17.9 Å². The standard InChI is InChI=1S/C21H20ClF2N5O2/c1-12-27-28-20(30-12)21(6-7-21)17-11-25-18(22)19(26-17)29-8-4-14(5-9-29)31-16-3-2-13(23)10-15(16)24/h2-3,10-11,14H,4-9H2,1H3. The fourth-order valence-corrected chi connectivity index (χ4v) is 4.14. The number of aryl methyl sites for hydroxylation is 1. The van der Waals surface area contributed by atoms with Gasteiger partial charge in [-0.2, -0.15) is 0 Å². The van der Waals surface area contributed by atoms with Crippen molar-refractivity contribution in [3.05, 3.63) is 58.7 Å². The first-order valence-corrected chi connectivity index (χ1v) is 10.5. The van der Waals surface area contributed by atoms with Gasteiger partial charge in [0.15, 0.2) is 22.5 Å². The minimum Gasteiger partial charge on any atom is -0.487 e. The van der Waals surface area contributed by atoms with Gasteiger partial charge in [0.2, 0.25) is 11.8 Å². The van der Waals surface area contributed by atoms with Crippen LogP contribution in [0.15, 0.2) is 28.8 Å². The average molecular weight is 448 g/mol. The monoisotopic (exact) mass is 447 g/mol. The Hall–Kier alpha value is -2.81. The van der Waals surface area contributed by atoms with Crippen molar-refractivity contribution in [3.63, 3.8) is 0 Å². The number of rotatable bonds is 5. The molecular formula is C21H20ClF2N5O2. The molecule has 1 aromatic carbocycles. The molecular weight excluding hydrogens is 428 g/mol. The lowest BCUT2D eigenvalue weighted by molar-refractivity contribution is 0.163. The van der Waals surface area contributed by atoms with E-state index < -0.39 is 17.0 Å². The van der Waals surface area contributed by atoms with Crippen LogP contribution in [0.25, 0.3) is 0 Å². The van der Waals surface area contributed by atoms with Crippen LogP contribution in [0.3, 0.4) is 0 Å². The summed E-state index contributed by atoms with van der Waals surface area (Å²) < 4.78 is 38.4. The van der Waals surface area contributed by atoms with E-state index >= 15 is 0 Å². The van der Waals surface area contributed by atoms with Crippen LogP contribution in [0.1, 0.15) is 43.2 Å². The Bertz CT molecular complexity index is 1110. The molecule has 2 aromatic heterocycles. The highest BCUT2D eigenvalue weighted by Crippen LogP contribution is 2.52. The van der Waals surface area contributed by atoms with Gasteiger partial charge in [-0.15, -0.1) is 10.2 Å². The molecule has 2 fully saturated rings. The second kappa shape index (κ2) is 7.71. The SMILES string of the molecule is Cc1nnc(C2(c3cnc(Cl)c(N4CCC(Oc5ccc(F)cc5F)CC4)n3)CC2)o1. The minimum absolute atomic E-state index is 0.0604. The lowest BCUT2D eigenvalue weighted by Crippen LogP contribution is -2.39. The van der Waals surface area contributed by atoms with E-state index in [1.54, 1.807) is 13.1 Å². The highest BCUT2D eigenvalue weighted by Gasteiger charge is 2.52. The van der Waals surface area contributed by atoms with Crippen LogP contribution in [-0.2, 0) is 5.41 Å². The van der Waals surface area contributed by atoms with E-state index in [1.807, 2.05) is 0 Å². The molecule has 0 unspecified atom stereocenters. The number of piperidine rings is 1. The zero-order valence-corrected chi connectivity index (χ0v) is 17.6. The van der Waals surface area contributed by atoms with Gasteiger partial charge in [-0.05, 0) is 25.0 Å². The quantitative estimate of drug-likeness (QED) is 0.579. The molecule has 3 heterocycles. The first-order valence-electron chi connectivity index (χ1n) is 10.1. The van der Waals surface area contributed by atoms with Gasteiger partial charge in [0.1, 0.15) is 11.9 Å². The molecule has 0 radical (unpaired) electrons. The molecule has 3 aromatic rings. The summed E-state index contributed by atoms with van der Waals surface area (Å²) in [6, 6.07) is 3.33. The van der Waals surface area contributed by atoms with Gasteiger partial charge < -0.3 is 14.1 Å². The molecule has 1 aliphatic heterocycles. The lowest BCUT2D eigenvalue weighted by Gasteiger charge is -2.33. The van der Waals surface area contributed by atoms with Crippen LogP contribution in [0.5, 0.6) is 5.75 Å². The maximum Gasteiger partial charge on any atom is 0.228 e. The molecule has 2 aliphatic rings. The smallest absolute Gasteiger partial charge is 0.228 e. The summed E-state index contributed by atoms with van der Waals surface area (Å²) in [6.07, 6.45) is 4.51. The molecule has 1 aliphatic carbocycles. The van der Waals surface area contributed by atoms with E-state index in [4.69, 9.17) is 25.7 Å². The van der Waals surface area contributed by atoms with Gasteiger partial charge >= 0.3 is 0 Å². The highest BCUT2D eigenvalue weighted by atomic mass is 35.5. The van der Waals surface area contributed by atoms with Gasteiger partial charge in [0, 0.05) is 38.9 Å². The van der Waals surface area contributed by atoms with E-state index in [1.165, 1.54) is 12.1 Å². The average Bonchev–Trinajstić information content (AvgIpc) is 3.45. The molecule has 0 N–H and O–H groups in total. The topological polar surface area (TPSA) is 77.2 Å². The van der Waals surface area contributed by atoms with Crippen molar-refractivity contribution >= 4 is 17.4 Å². The van der Waals surface area contributed by atoms with E-state index in [9.17, 15) is 8.78 Å². The third-order valence-electron chi connectivity index (χ3n) is 5.82. The molecule has 0 bridgehead atoms. The first kappa shape index (κ1) is 20.1. The molecule has 5 rings (SSSR count). The number of aromatic nitrogens is 4. The summed E-state index contributed by atoms with van der Waals surface area (Å²) in [5, 5.41) is 8.45. The third kappa shape index (κ3) is 3.82. The van der Waals surface area contributed by atoms with Crippen molar-refractivity contribution in [2.75, 3.05) is 18.0 Å². The molecule has 10 heteroatoms. The van der Waals surface area contributed by atoms with E-state index in [2.05, 4.69) is 20.1 Å². The Balaban J connectivity index is 1.30. The molecule has 31 heavy (non-hydrogen) atoms. The zero-order chi connectivity index (χ0) is 21.6. The number of benzene rings is 1. The van der Waals surface area contributed by atoms with Gasteiger partial charge in [-0.25, -0.2) is 18.7 Å². The Labute approximate surface area is 182 Å². The molecule has 162 valence electrons. The maximum atomic E-state index is 13.9. The second-order valence-electron chi connectivity index (χ2n) is 7.96. The summed E-state index contributed by atoms with van der Waals surface area (Å²) in [5.74, 6) is 0.411. The van der Waals surface area contributed by atoms with E-state index in [0.717, 1.165) is 24.6 Å². The summed E-state index contributed by atoms with van der Waals surface area (Å²) in [4.78, 5) is 11.2. The van der Waals surface area contributed by atoms with E-state index in [-0.39, 0.29) is 11.9 Å². The Kier molecular flexibility index (Phi) is 5.00. The van der Waals surface area contributed by atoms with Crippen molar-refractivity contribution in [2.24, 2.45) is 0 Å². The van der Waals surface area contributed by atoms with Crippen molar-refractivity contribution in [1.29, 1.82) is 0 Å². The predicted molar refractivity (Wildman–Crippen MR) is 108 cm³/mol. The summed E-state index contributed by atoms with van der Waals surface area (Å²) >= 11 is 6.37. The highest BCUT2D eigenvalue weighted by molar-refractivity contribution is 6.31. The first-order chi connectivity index (χ1) is 14.9. The Morgan fingerprint density at radius 1 is 1.19 bits per heavy atom. The minimum atomic E-state index is -0.699. The number of hydrogen-bond acceptors (Lipinski definition) is 7. The molecule has 0 amide bonds. The number of halogens is 3. The van der Waals surface area contributed by atoms with Crippen LogP contribution in [0.2, 0.25) is 5.15 Å². The molecule has 1 saturated heterocycles. The molecule has 7 nitrogen and oxygen atoms in total. The summed E-state index contributed by atoms with van der Waals surface area (Å²) in [5.41, 5.74) is 0.372. The normalized spacial score (nSPS) is 18.3. The fourth-order valence-electron chi connectivity index (χ4n) is 3.93. The largest absolute Gasteiger partial charge is 0.487 e. The molecule has 0 atom stereocenters. The van der Waals surface area contributed by atoms with Gasteiger partial charge in [0.25, 0.3) is 0 Å². The van der Waals surface area contributed by atoms with Crippen molar-refractivity contribution in [3.8, 4) is 5.75 Å². The Morgan fingerprint density at radius 3 is 2.61 bits per heavy atom. The Morgan fingerprint density at radius 2 is 1.97 bits per heavy atom. The van der Waals surface area contributed by atoms with Crippen LogP contribution in [0.4, 0.5) is 14.6 Å². The zero-order valence-electron chi connectivity index (χ0n) is 16.8. The summed E-state index contributed by atoms with van der Waals surface area (Å²) in [7, 11) is 0. The second-order valence-corrected chi connectivity index (χ2v) is 8.32. The van der Waals surface area contributed by atoms with Gasteiger partial charge in [-0.1, -0.05) is 11.6 Å². The molecule has 1 saturated carbocycles. The fraction of sp³-hybridized carbons (Fsp3) is 0.429. The number of anilines is 1. The van der Waals surface area contributed by atoms with Gasteiger partial charge in [0.05, 0.1) is 17.3 Å². The maximum absolute atomic E-state index is 13.9. The predicted octanol–water partition coefficient (Wildman–Crippen LogP) is 4.23. The van der Waals surface area contributed by atoms with Crippen LogP contribution >= 0.6 is 11.6 Å².